The number of hydrogen-bond donors (Lipinski definition) is 0. The molecule has 0 aliphatic heterocycles. The normalized spacial score (nSPS) is 12.6. The highest BCUT2D eigenvalue weighted by Crippen LogP contribution is 2.12. The van der Waals surface area contributed by atoms with Gasteiger partial charge in [0.2, 0.25) is 0 Å². The number of ether oxygens (including phenoxy) is 3. The van der Waals surface area contributed by atoms with Crippen LogP contribution in [0.15, 0.2) is 60.8 Å². The molecule has 0 aromatic rings. The SMILES string of the molecule is CC/C=C\C/C=C\C/C=C\CCCC(=O)OC(COC(=O)CCCCCCC/C=C\C/C=C\CC)COC(=O)CCCCCCCCCCC. The summed E-state index contributed by atoms with van der Waals surface area (Å²) in [4.78, 5) is 37.5. The molecule has 0 spiro atoms. The van der Waals surface area contributed by atoms with E-state index in [0.717, 1.165) is 96.3 Å². The molecule has 0 saturated carbocycles. The average Bonchev–Trinajstić information content (AvgIpc) is 3.11. The number of unbranched alkanes of at least 4 members (excludes halogenated alkanes) is 14. The minimum absolute atomic E-state index is 0.0989. The summed E-state index contributed by atoms with van der Waals surface area (Å²) in [6.07, 6.45) is 45.0. The van der Waals surface area contributed by atoms with Crippen molar-refractivity contribution in [3.8, 4) is 0 Å². The lowest BCUT2D eigenvalue weighted by Crippen LogP contribution is -2.30. The maximum Gasteiger partial charge on any atom is 0.306 e. The largest absolute Gasteiger partial charge is 0.462 e. The Bertz CT molecular complexity index is 944. The summed E-state index contributed by atoms with van der Waals surface area (Å²) in [7, 11) is 0. The number of esters is 3. The predicted octanol–water partition coefficient (Wildman–Crippen LogP) is 12.6. The van der Waals surface area contributed by atoms with E-state index in [9.17, 15) is 14.4 Å². The minimum atomic E-state index is -0.800. The second-order valence-electron chi connectivity index (χ2n) is 13.1. The van der Waals surface area contributed by atoms with E-state index < -0.39 is 6.10 Å². The highest BCUT2D eigenvalue weighted by Gasteiger charge is 2.19. The summed E-state index contributed by atoms with van der Waals surface area (Å²) >= 11 is 0. The van der Waals surface area contributed by atoms with Gasteiger partial charge in [0.25, 0.3) is 0 Å². The van der Waals surface area contributed by atoms with Gasteiger partial charge in [0.15, 0.2) is 6.10 Å². The highest BCUT2D eigenvalue weighted by molar-refractivity contribution is 5.71. The number of hydrogen-bond acceptors (Lipinski definition) is 6. The van der Waals surface area contributed by atoms with Crippen molar-refractivity contribution in [2.24, 2.45) is 0 Å². The summed E-state index contributed by atoms with van der Waals surface area (Å²) in [5.41, 5.74) is 0. The Labute approximate surface area is 307 Å². The molecule has 0 aromatic heterocycles. The predicted molar refractivity (Wildman–Crippen MR) is 210 cm³/mol. The van der Waals surface area contributed by atoms with Crippen LogP contribution in [0.2, 0.25) is 0 Å². The van der Waals surface area contributed by atoms with Gasteiger partial charge in [0, 0.05) is 19.3 Å². The van der Waals surface area contributed by atoms with Crippen molar-refractivity contribution >= 4 is 17.9 Å². The molecule has 0 saturated heterocycles. The van der Waals surface area contributed by atoms with Gasteiger partial charge in [-0.05, 0) is 70.6 Å². The van der Waals surface area contributed by atoms with Crippen LogP contribution in [0.5, 0.6) is 0 Å². The van der Waals surface area contributed by atoms with Crippen LogP contribution in [-0.2, 0) is 28.6 Å². The standard InChI is InChI=1S/C44H74O6/c1-4-7-10-13-16-19-21-23-25-28-31-34-37-43(46)49-40-41(39-48-42(45)36-33-30-27-24-18-15-12-9-6-3)50-44(47)38-35-32-29-26-22-20-17-14-11-8-5-2/h7-8,10-11,16-17,19-20,26,29,41H,4-6,9,12-15,18,21-25,27-28,30-40H2,1-3H3/b10-7-,11-8-,19-16-,20-17-,29-26-. The van der Waals surface area contributed by atoms with E-state index in [1.54, 1.807) is 0 Å². The van der Waals surface area contributed by atoms with Crippen LogP contribution < -0.4 is 0 Å². The highest BCUT2D eigenvalue weighted by atomic mass is 16.6. The van der Waals surface area contributed by atoms with Gasteiger partial charge in [0.05, 0.1) is 0 Å². The molecular formula is C44H74O6. The molecule has 286 valence electrons. The first kappa shape index (κ1) is 47.1. The summed E-state index contributed by atoms with van der Waals surface area (Å²) in [5, 5.41) is 0. The van der Waals surface area contributed by atoms with Crippen LogP contribution in [0.25, 0.3) is 0 Å². The number of carbonyl (C=O) groups is 3. The maximum atomic E-state index is 12.6. The summed E-state index contributed by atoms with van der Waals surface area (Å²) in [6.45, 7) is 6.30. The Hall–Kier alpha value is -2.89. The van der Waals surface area contributed by atoms with Crippen molar-refractivity contribution < 1.29 is 28.6 Å². The van der Waals surface area contributed by atoms with Crippen molar-refractivity contribution in [1.82, 2.24) is 0 Å². The Morgan fingerprint density at radius 1 is 0.420 bits per heavy atom. The first-order chi connectivity index (χ1) is 24.5. The average molecular weight is 699 g/mol. The molecule has 0 heterocycles. The quantitative estimate of drug-likeness (QED) is 0.0284. The van der Waals surface area contributed by atoms with E-state index in [1.807, 2.05) is 0 Å². The van der Waals surface area contributed by atoms with Gasteiger partial charge in [-0.25, -0.2) is 0 Å². The molecule has 0 rings (SSSR count). The van der Waals surface area contributed by atoms with Crippen molar-refractivity contribution in [2.45, 2.75) is 187 Å². The Morgan fingerprint density at radius 2 is 0.800 bits per heavy atom. The van der Waals surface area contributed by atoms with E-state index in [-0.39, 0.29) is 37.5 Å². The topological polar surface area (TPSA) is 78.9 Å². The van der Waals surface area contributed by atoms with Crippen LogP contribution in [0.4, 0.5) is 0 Å². The third-order valence-corrected chi connectivity index (χ3v) is 8.27. The zero-order valence-corrected chi connectivity index (χ0v) is 32.4. The van der Waals surface area contributed by atoms with Gasteiger partial charge < -0.3 is 14.2 Å². The van der Waals surface area contributed by atoms with Crippen LogP contribution >= 0.6 is 0 Å². The second-order valence-corrected chi connectivity index (χ2v) is 13.1. The molecule has 0 aliphatic rings. The zero-order chi connectivity index (χ0) is 36.6. The van der Waals surface area contributed by atoms with Gasteiger partial charge >= 0.3 is 17.9 Å². The van der Waals surface area contributed by atoms with Gasteiger partial charge in [-0.15, -0.1) is 0 Å². The van der Waals surface area contributed by atoms with Gasteiger partial charge in [0.1, 0.15) is 13.2 Å². The summed E-state index contributed by atoms with van der Waals surface area (Å²) in [5.74, 6) is -0.982. The van der Waals surface area contributed by atoms with Crippen molar-refractivity contribution in [2.75, 3.05) is 13.2 Å². The van der Waals surface area contributed by atoms with E-state index in [1.165, 1.54) is 38.5 Å². The molecular weight excluding hydrogens is 624 g/mol. The molecule has 0 bridgehead atoms. The van der Waals surface area contributed by atoms with Crippen LogP contribution in [-0.4, -0.2) is 37.2 Å². The number of allylic oxidation sites excluding steroid dienone is 10. The molecule has 1 atom stereocenters. The lowest BCUT2D eigenvalue weighted by Gasteiger charge is -2.18. The van der Waals surface area contributed by atoms with Crippen LogP contribution in [0.1, 0.15) is 181 Å². The molecule has 1 unspecified atom stereocenters. The van der Waals surface area contributed by atoms with E-state index in [2.05, 4.69) is 81.5 Å². The first-order valence-electron chi connectivity index (χ1n) is 20.3. The van der Waals surface area contributed by atoms with Gasteiger partial charge in [-0.2, -0.15) is 0 Å². The van der Waals surface area contributed by atoms with Gasteiger partial charge in [-0.1, -0.05) is 152 Å². The fourth-order valence-electron chi connectivity index (χ4n) is 5.27. The fraction of sp³-hybridized carbons (Fsp3) is 0.705. The lowest BCUT2D eigenvalue weighted by atomic mass is 10.1. The monoisotopic (exact) mass is 699 g/mol. The first-order valence-corrected chi connectivity index (χ1v) is 20.3. The molecule has 0 N–H and O–H groups in total. The van der Waals surface area contributed by atoms with Crippen LogP contribution in [0, 0.1) is 0 Å². The minimum Gasteiger partial charge on any atom is -0.462 e. The maximum absolute atomic E-state index is 12.6. The van der Waals surface area contributed by atoms with Crippen molar-refractivity contribution in [3.63, 3.8) is 0 Å². The smallest absolute Gasteiger partial charge is 0.306 e. The van der Waals surface area contributed by atoms with Crippen LogP contribution in [0.3, 0.4) is 0 Å². The molecule has 0 aliphatic carbocycles. The molecule has 0 aromatic carbocycles. The third kappa shape index (κ3) is 36.4. The number of carbonyl (C=O) groups excluding carboxylic acids is 3. The Kier molecular flexibility index (Phi) is 36.7. The molecule has 0 amide bonds. The molecule has 50 heavy (non-hydrogen) atoms. The fourth-order valence-corrected chi connectivity index (χ4v) is 5.27. The zero-order valence-electron chi connectivity index (χ0n) is 32.4. The second kappa shape index (κ2) is 38.9. The Morgan fingerprint density at radius 3 is 1.28 bits per heavy atom. The molecule has 6 heteroatoms. The molecule has 6 nitrogen and oxygen atoms in total. The van der Waals surface area contributed by atoms with Gasteiger partial charge in [-0.3, -0.25) is 14.4 Å². The third-order valence-electron chi connectivity index (χ3n) is 8.27. The lowest BCUT2D eigenvalue weighted by molar-refractivity contribution is -0.167. The van der Waals surface area contributed by atoms with E-state index in [0.29, 0.717) is 19.3 Å². The summed E-state index contributed by atoms with van der Waals surface area (Å²) < 4.78 is 16.5. The number of rotatable bonds is 35. The summed E-state index contributed by atoms with van der Waals surface area (Å²) in [6, 6.07) is 0. The van der Waals surface area contributed by atoms with E-state index >= 15 is 0 Å². The Balaban J connectivity index is 4.47. The van der Waals surface area contributed by atoms with Crippen molar-refractivity contribution in [1.29, 1.82) is 0 Å². The molecule has 0 radical (unpaired) electrons. The van der Waals surface area contributed by atoms with Crippen molar-refractivity contribution in [3.05, 3.63) is 60.8 Å². The van der Waals surface area contributed by atoms with E-state index in [4.69, 9.17) is 14.2 Å². The molecule has 0 fully saturated rings.